The molecule has 1 N–H and O–H groups in total. The van der Waals surface area contributed by atoms with Gasteiger partial charge in [-0.3, -0.25) is 9.59 Å². The van der Waals surface area contributed by atoms with Crippen LogP contribution in [0.5, 0.6) is 0 Å². The van der Waals surface area contributed by atoms with Crippen LogP contribution in [0.4, 0.5) is 0 Å². The summed E-state index contributed by atoms with van der Waals surface area (Å²) in [6.07, 6.45) is 1.43. The van der Waals surface area contributed by atoms with Crippen molar-refractivity contribution < 1.29 is 14.0 Å². The fraction of sp³-hybridized carbons (Fsp3) is 0.333. The first kappa shape index (κ1) is 16.8. The van der Waals surface area contributed by atoms with Gasteiger partial charge in [-0.1, -0.05) is 44.2 Å². The summed E-state index contributed by atoms with van der Waals surface area (Å²) in [5.41, 5.74) is 1.04. The van der Waals surface area contributed by atoms with E-state index in [2.05, 4.69) is 5.32 Å². The SMILES string of the molecule is CC(C)[C@H](NC(=O)c1ccco1)C(=O)N(C)Cc1ccccc1. The van der Waals surface area contributed by atoms with Crippen molar-refractivity contribution in [1.29, 1.82) is 0 Å². The van der Waals surface area contributed by atoms with Crippen LogP contribution in [-0.2, 0) is 11.3 Å². The van der Waals surface area contributed by atoms with E-state index in [4.69, 9.17) is 4.42 Å². The van der Waals surface area contributed by atoms with Crippen molar-refractivity contribution in [3.05, 3.63) is 60.1 Å². The average molecular weight is 314 g/mol. The van der Waals surface area contributed by atoms with Gasteiger partial charge in [0.1, 0.15) is 6.04 Å². The topological polar surface area (TPSA) is 62.6 Å². The fourth-order valence-corrected chi connectivity index (χ4v) is 2.31. The van der Waals surface area contributed by atoms with Gasteiger partial charge in [-0.15, -0.1) is 0 Å². The van der Waals surface area contributed by atoms with Crippen molar-refractivity contribution in [3.8, 4) is 0 Å². The van der Waals surface area contributed by atoms with Crippen LogP contribution >= 0.6 is 0 Å². The molecule has 2 rings (SSSR count). The number of hydrogen-bond acceptors (Lipinski definition) is 3. The summed E-state index contributed by atoms with van der Waals surface area (Å²) in [5.74, 6) is -0.326. The molecule has 0 fully saturated rings. The molecule has 23 heavy (non-hydrogen) atoms. The molecule has 1 heterocycles. The van der Waals surface area contributed by atoms with Crippen molar-refractivity contribution in [2.45, 2.75) is 26.4 Å². The predicted octanol–water partition coefficient (Wildman–Crippen LogP) is 2.69. The largest absolute Gasteiger partial charge is 0.459 e. The molecule has 5 heteroatoms. The van der Waals surface area contributed by atoms with Crippen molar-refractivity contribution >= 4 is 11.8 Å². The summed E-state index contributed by atoms with van der Waals surface area (Å²) >= 11 is 0. The van der Waals surface area contributed by atoms with E-state index in [1.807, 2.05) is 44.2 Å². The lowest BCUT2D eigenvalue weighted by Crippen LogP contribution is -2.49. The predicted molar refractivity (Wildman–Crippen MR) is 87.7 cm³/mol. The van der Waals surface area contributed by atoms with E-state index in [1.165, 1.54) is 6.26 Å². The summed E-state index contributed by atoms with van der Waals surface area (Å²) in [5, 5.41) is 2.76. The van der Waals surface area contributed by atoms with Crippen molar-refractivity contribution in [3.63, 3.8) is 0 Å². The molecule has 0 saturated carbocycles. The molecule has 0 unspecified atom stereocenters. The first-order chi connectivity index (χ1) is 11.0. The maximum atomic E-state index is 12.7. The minimum atomic E-state index is -0.596. The van der Waals surface area contributed by atoms with E-state index in [0.717, 1.165) is 5.56 Å². The summed E-state index contributed by atoms with van der Waals surface area (Å²) in [4.78, 5) is 26.4. The Bertz CT molecular complexity index is 636. The third-order valence-electron chi connectivity index (χ3n) is 3.60. The first-order valence-electron chi connectivity index (χ1n) is 7.62. The zero-order valence-electron chi connectivity index (χ0n) is 13.7. The lowest BCUT2D eigenvalue weighted by molar-refractivity contribution is -0.133. The van der Waals surface area contributed by atoms with Gasteiger partial charge in [-0.05, 0) is 23.6 Å². The summed E-state index contributed by atoms with van der Waals surface area (Å²) < 4.78 is 5.07. The number of amides is 2. The smallest absolute Gasteiger partial charge is 0.287 e. The van der Waals surface area contributed by atoms with E-state index in [1.54, 1.807) is 24.1 Å². The molecule has 0 saturated heterocycles. The van der Waals surface area contributed by atoms with Gasteiger partial charge in [-0.25, -0.2) is 0 Å². The maximum absolute atomic E-state index is 12.7. The second kappa shape index (κ2) is 7.63. The van der Waals surface area contributed by atoms with Gasteiger partial charge in [-0.2, -0.15) is 0 Å². The maximum Gasteiger partial charge on any atom is 0.287 e. The molecule has 2 amide bonds. The van der Waals surface area contributed by atoms with Gasteiger partial charge in [0.25, 0.3) is 5.91 Å². The molecule has 0 aliphatic rings. The van der Waals surface area contributed by atoms with Crippen LogP contribution in [0.3, 0.4) is 0 Å². The Labute approximate surface area is 136 Å². The van der Waals surface area contributed by atoms with Crippen LogP contribution in [0.25, 0.3) is 0 Å². The Balaban J connectivity index is 2.04. The second-order valence-corrected chi connectivity index (χ2v) is 5.85. The number of carbonyl (C=O) groups is 2. The molecule has 122 valence electrons. The highest BCUT2D eigenvalue weighted by molar-refractivity contribution is 5.95. The molecule has 1 atom stereocenters. The Kier molecular flexibility index (Phi) is 5.57. The highest BCUT2D eigenvalue weighted by Gasteiger charge is 2.28. The van der Waals surface area contributed by atoms with Crippen LogP contribution in [-0.4, -0.2) is 29.8 Å². The molecular weight excluding hydrogens is 292 g/mol. The third-order valence-corrected chi connectivity index (χ3v) is 3.60. The van der Waals surface area contributed by atoms with Crippen molar-refractivity contribution in [2.24, 2.45) is 5.92 Å². The minimum absolute atomic E-state index is 0.0281. The quantitative estimate of drug-likeness (QED) is 0.891. The van der Waals surface area contributed by atoms with Crippen LogP contribution in [0.1, 0.15) is 30.0 Å². The summed E-state index contributed by atoms with van der Waals surface area (Å²) in [7, 11) is 1.74. The molecule has 5 nitrogen and oxygen atoms in total. The monoisotopic (exact) mass is 314 g/mol. The van der Waals surface area contributed by atoms with Gasteiger partial charge in [0.05, 0.1) is 6.26 Å². The molecule has 0 radical (unpaired) electrons. The number of furan rings is 1. The van der Waals surface area contributed by atoms with E-state index in [9.17, 15) is 9.59 Å². The van der Waals surface area contributed by atoms with Crippen LogP contribution in [0, 0.1) is 5.92 Å². The number of nitrogens with zero attached hydrogens (tertiary/aromatic N) is 1. The highest BCUT2D eigenvalue weighted by atomic mass is 16.3. The molecule has 0 spiro atoms. The Hall–Kier alpha value is -2.56. The number of carbonyl (C=O) groups excluding carboxylic acids is 2. The number of hydrogen-bond donors (Lipinski definition) is 1. The third kappa shape index (κ3) is 4.45. The van der Waals surface area contributed by atoms with Gasteiger partial charge < -0.3 is 14.6 Å². The molecule has 0 aliphatic carbocycles. The fourth-order valence-electron chi connectivity index (χ4n) is 2.31. The number of nitrogens with one attached hydrogen (secondary N) is 1. The number of rotatable bonds is 6. The van der Waals surface area contributed by atoms with E-state index < -0.39 is 6.04 Å². The van der Waals surface area contributed by atoms with Crippen molar-refractivity contribution in [2.75, 3.05) is 7.05 Å². The minimum Gasteiger partial charge on any atom is -0.459 e. The second-order valence-electron chi connectivity index (χ2n) is 5.85. The molecule has 1 aromatic heterocycles. The average Bonchev–Trinajstić information content (AvgIpc) is 3.07. The highest BCUT2D eigenvalue weighted by Crippen LogP contribution is 2.10. The number of benzene rings is 1. The van der Waals surface area contributed by atoms with Gasteiger partial charge >= 0.3 is 0 Å². The summed E-state index contributed by atoms with van der Waals surface area (Å²) in [6, 6.07) is 12.4. The van der Waals surface area contributed by atoms with Gasteiger partial charge in [0.15, 0.2) is 5.76 Å². The van der Waals surface area contributed by atoms with E-state index >= 15 is 0 Å². The first-order valence-corrected chi connectivity index (χ1v) is 7.62. The summed E-state index contributed by atoms with van der Waals surface area (Å²) in [6.45, 7) is 4.31. The van der Waals surface area contributed by atoms with Crippen LogP contribution in [0.15, 0.2) is 53.1 Å². The Morgan fingerprint density at radius 1 is 1.13 bits per heavy atom. The van der Waals surface area contributed by atoms with Crippen molar-refractivity contribution in [1.82, 2.24) is 10.2 Å². The molecule has 2 aromatic rings. The standard InChI is InChI=1S/C18H22N2O3/c1-13(2)16(19-17(21)15-10-7-11-23-15)18(22)20(3)12-14-8-5-4-6-9-14/h4-11,13,16H,12H2,1-3H3,(H,19,21)/t16-/m0/s1. The molecule has 0 aliphatic heterocycles. The van der Waals surface area contributed by atoms with E-state index in [-0.39, 0.29) is 23.5 Å². The zero-order valence-corrected chi connectivity index (χ0v) is 13.7. The Morgan fingerprint density at radius 3 is 2.39 bits per heavy atom. The van der Waals surface area contributed by atoms with E-state index in [0.29, 0.717) is 6.54 Å². The lowest BCUT2D eigenvalue weighted by Gasteiger charge is -2.27. The zero-order chi connectivity index (χ0) is 16.8. The molecular formula is C18H22N2O3. The molecule has 1 aromatic carbocycles. The molecule has 0 bridgehead atoms. The Morgan fingerprint density at radius 2 is 1.83 bits per heavy atom. The normalized spacial score (nSPS) is 12.0. The van der Waals surface area contributed by atoms with Crippen LogP contribution in [0.2, 0.25) is 0 Å². The number of likely N-dealkylation sites (N-methyl/N-ethyl adjacent to an activating group) is 1. The van der Waals surface area contributed by atoms with Gasteiger partial charge in [0, 0.05) is 13.6 Å². The lowest BCUT2D eigenvalue weighted by atomic mass is 10.0. The van der Waals surface area contributed by atoms with Crippen LogP contribution < -0.4 is 5.32 Å². The van der Waals surface area contributed by atoms with Gasteiger partial charge in [0.2, 0.25) is 5.91 Å².